The summed E-state index contributed by atoms with van der Waals surface area (Å²) in [7, 11) is 0. The summed E-state index contributed by atoms with van der Waals surface area (Å²) < 4.78 is 5.65. The van der Waals surface area contributed by atoms with Crippen molar-refractivity contribution in [2.45, 2.75) is 32.7 Å². The molecule has 0 radical (unpaired) electrons. The van der Waals surface area contributed by atoms with Crippen molar-refractivity contribution >= 4 is 0 Å². The molecule has 2 aliphatic rings. The first-order chi connectivity index (χ1) is 7.75. The lowest BCUT2D eigenvalue weighted by Gasteiger charge is -2.24. The van der Waals surface area contributed by atoms with Crippen LogP contribution in [-0.2, 0) is 4.74 Å². The Balaban J connectivity index is 1.61. The van der Waals surface area contributed by atoms with Gasteiger partial charge < -0.3 is 10.1 Å². The Kier molecular flexibility index (Phi) is 4.62. The molecule has 2 fully saturated rings. The van der Waals surface area contributed by atoms with E-state index < -0.39 is 0 Å². The van der Waals surface area contributed by atoms with Crippen molar-refractivity contribution in [2.24, 2.45) is 11.8 Å². The van der Waals surface area contributed by atoms with Gasteiger partial charge in [0.15, 0.2) is 0 Å². The monoisotopic (exact) mass is 226 g/mol. The quantitative estimate of drug-likeness (QED) is 0.716. The average Bonchev–Trinajstić information content (AvgIpc) is 2.66. The van der Waals surface area contributed by atoms with Gasteiger partial charge in [-0.3, -0.25) is 4.90 Å². The van der Waals surface area contributed by atoms with E-state index in [0.717, 1.165) is 31.7 Å². The number of piperidine rings is 1. The van der Waals surface area contributed by atoms with Gasteiger partial charge in [-0.05, 0) is 31.2 Å². The molecule has 2 aliphatic heterocycles. The van der Waals surface area contributed by atoms with Crippen LogP contribution >= 0.6 is 0 Å². The summed E-state index contributed by atoms with van der Waals surface area (Å²) >= 11 is 0. The highest BCUT2D eigenvalue weighted by molar-refractivity contribution is 4.91. The molecular formula is C13H26N2O. The van der Waals surface area contributed by atoms with Gasteiger partial charge in [-0.25, -0.2) is 0 Å². The molecule has 2 atom stereocenters. The predicted molar refractivity (Wildman–Crippen MR) is 66.6 cm³/mol. The van der Waals surface area contributed by atoms with Crippen molar-refractivity contribution in [3.05, 3.63) is 0 Å². The van der Waals surface area contributed by atoms with Crippen molar-refractivity contribution in [3.8, 4) is 0 Å². The van der Waals surface area contributed by atoms with E-state index in [1.54, 1.807) is 0 Å². The van der Waals surface area contributed by atoms with Crippen LogP contribution in [0.15, 0.2) is 0 Å². The van der Waals surface area contributed by atoms with Crippen LogP contribution in [0.1, 0.15) is 26.7 Å². The smallest absolute Gasteiger partial charge is 0.0593 e. The van der Waals surface area contributed by atoms with Crippen LogP contribution < -0.4 is 5.32 Å². The Morgan fingerprint density at radius 2 is 2.25 bits per heavy atom. The second-order valence-corrected chi connectivity index (χ2v) is 5.69. The van der Waals surface area contributed by atoms with Crippen molar-refractivity contribution in [1.82, 2.24) is 10.2 Å². The van der Waals surface area contributed by atoms with Crippen LogP contribution in [0.4, 0.5) is 0 Å². The fourth-order valence-electron chi connectivity index (χ4n) is 2.83. The third-order valence-corrected chi connectivity index (χ3v) is 3.68. The van der Waals surface area contributed by atoms with Gasteiger partial charge in [-0.1, -0.05) is 13.8 Å². The van der Waals surface area contributed by atoms with E-state index in [2.05, 4.69) is 24.1 Å². The largest absolute Gasteiger partial charge is 0.380 e. The molecule has 1 N–H and O–H groups in total. The molecule has 0 aromatic rings. The van der Waals surface area contributed by atoms with Gasteiger partial charge in [0.2, 0.25) is 0 Å². The van der Waals surface area contributed by atoms with Crippen LogP contribution in [0.2, 0.25) is 0 Å². The van der Waals surface area contributed by atoms with Gasteiger partial charge in [0.25, 0.3) is 0 Å². The number of nitrogens with one attached hydrogen (secondary N) is 1. The maximum atomic E-state index is 5.65. The van der Waals surface area contributed by atoms with E-state index in [-0.39, 0.29) is 0 Å². The normalized spacial score (nSPS) is 30.9. The van der Waals surface area contributed by atoms with Crippen LogP contribution in [0, 0.1) is 11.8 Å². The Morgan fingerprint density at radius 3 is 3.00 bits per heavy atom. The zero-order valence-electron chi connectivity index (χ0n) is 10.7. The number of nitrogens with zero attached hydrogens (tertiary/aromatic N) is 1. The number of hydrogen-bond acceptors (Lipinski definition) is 3. The van der Waals surface area contributed by atoms with Gasteiger partial charge in [-0.2, -0.15) is 0 Å². The fourth-order valence-corrected chi connectivity index (χ4v) is 2.83. The lowest BCUT2D eigenvalue weighted by atomic mass is 9.94. The fraction of sp³-hybridized carbons (Fsp3) is 1.00. The molecule has 3 heteroatoms. The highest BCUT2D eigenvalue weighted by Crippen LogP contribution is 2.24. The molecule has 3 nitrogen and oxygen atoms in total. The molecule has 0 amide bonds. The first kappa shape index (κ1) is 12.3. The Labute approximate surface area is 99.5 Å². The molecule has 0 bridgehead atoms. The molecular weight excluding hydrogens is 200 g/mol. The SMILES string of the molecule is CC(C)COCCN1CC2CCCNC2C1. The molecule has 2 saturated heterocycles. The van der Waals surface area contributed by atoms with Gasteiger partial charge in [0, 0.05) is 32.3 Å². The molecule has 0 aromatic heterocycles. The first-order valence-electron chi connectivity index (χ1n) is 6.79. The second kappa shape index (κ2) is 5.99. The molecule has 16 heavy (non-hydrogen) atoms. The summed E-state index contributed by atoms with van der Waals surface area (Å²) in [4.78, 5) is 2.56. The number of likely N-dealkylation sites (tertiary alicyclic amines) is 1. The number of rotatable bonds is 5. The van der Waals surface area contributed by atoms with Crippen LogP contribution in [0.5, 0.6) is 0 Å². The minimum Gasteiger partial charge on any atom is -0.380 e. The topological polar surface area (TPSA) is 24.5 Å². The minimum absolute atomic E-state index is 0.655. The van der Waals surface area contributed by atoms with Gasteiger partial charge in [-0.15, -0.1) is 0 Å². The Hall–Kier alpha value is -0.120. The molecule has 2 heterocycles. The minimum atomic E-state index is 0.655. The molecule has 2 rings (SSSR count). The van der Waals surface area contributed by atoms with E-state index in [1.807, 2.05) is 0 Å². The summed E-state index contributed by atoms with van der Waals surface area (Å²) in [6.07, 6.45) is 2.78. The van der Waals surface area contributed by atoms with Crippen molar-refractivity contribution in [1.29, 1.82) is 0 Å². The molecule has 0 spiro atoms. The van der Waals surface area contributed by atoms with Crippen LogP contribution in [-0.4, -0.2) is 50.3 Å². The molecule has 94 valence electrons. The van der Waals surface area contributed by atoms with Gasteiger partial charge >= 0.3 is 0 Å². The molecule has 0 aromatic carbocycles. The first-order valence-corrected chi connectivity index (χ1v) is 6.79. The molecule has 0 aliphatic carbocycles. The Bertz CT molecular complexity index is 194. The summed E-state index contributed by atoms with van der Waals surface area (Å²) in [6, 6.07) is 0.763. The third kappa shape index (κ3) is 3.44. The van der Waals surface area contributed by atoms with Crippen molar-refractivity contribution in [3.63, 3.8) is 0 Å². The number of fused-ring (bicyclic) bond motifs is 1. The summed E-state index contributed by atoms with van der Waals surface area (Å²) in [5, 5.41) is 3.64. The predicted octanol–water partition coefficient (Wildman–Crippen LogP) is 1.34. The van der Waals surface area contributed by atoms with E-state index in [0.29, 0.717) is 5.92 Å². The van der Waals surface area contributed by atoms with Crippen molar-refractivity contribution in [2.75, 3.05) is 39.4 Å². The summed E-state index contributed by atoms with van der Waals surface area (Å²) in [6.45, 7) is 11.1. The van der Waals surface area contributed by atoms with E-state index in [1.165, 1.54) is 32.5 Å². The number of hydrogen-bond donors (Lipinski definition) is 1. The lowest BCUT2D eigenvalue weighted by Crippen LogP contribution is -2.40. The zero-order chi connectivity index (χ0) is 11.4. The number of ether oxygens (including phenoxy) is 1. The van der Waals surface area contributed by atoms with Crippen LogP contribution in [0.25, 0.3) is 0 Å². The van der Waals surface area contributed by atoms with Gasteiger partial charge in [0.05, 0.1) is 6.61 Å². The van der Waals surface area contributed by atoms with E-state index >= 15 is 0 Å². The maximum absolute atomic E-state index is 5.65. The standard InChI is InChI=1S/C13H26N2O/c1-11(2)10-16-7-6-15-8-12-4-3-5-14-13(12)9-15/h11-14H,3-10H2,1-2H3. The van der Waals surface area contributed by atoms with E-state index in [4.69, 9.17) is 4.74 Å². The zero-order valence-corrected chi connectivity index (χ0v) is 10.7. The summed E-state index contributed by atoms with van der Waals surface area (Å²) in [5.41, 5.74) is 0. The molecule has 0 saturated carbocycles. The third-order valence-electron chi connectivity index (χ3n) is 3.68. The summed E-state index contributed by atoms with van der Waals surface area (Å²) in [5.74, 6) is 1.56. The molecule has 2 unspecified atom stereocenters. The highest BCUT2D eigenvalue weighted by Gasteiger charge is 2.33. The second-order valence-electron chi connectivity index (χ2n) is 5.69. The van der Waals surface area contributed by atoms with E-state index in [9.17, 15) is 0 Å². The lowest BCUT2D eigenvalue weighted by molar-refractivity contribution is 0.0901. The van der Waals surface area contributed by atoms with Crippen molar-refractivity contribution < 1.29 is 4.74 Å². The van der Waals surface area contributed by atoms with Crippen LogP contribution in [0.3, 0.4) is 0 Å². The Morgan fingerprint density at radius 1 is 1.38 bits per heavy atom. The van der Waals surface area contributed by atoms with Gasteiger partial charge in [0.1, 0.15) is 0 Å². The average molecular weight is 226 g/mol. The highest BCUT2D eigenvalue weighted by atomic mass is 16.5. The maximum Gasteiger partial charge on any atom is 0.0593 e.